The van der Waals surface area contributed by atoms with Gasteiger partial charge in [0.15, 0.2) is 0 Å². The van der Waals surface area contributed by atoms with Crippen LogP contribution < -0.4 is 0 Å². The highest BCUT2D eigenvalue weighted by atomic mass is 19.4. The van der Waals surface area contributed by atoms with Crippen LogP contribution in [-0.2, 0) is 0 Å². The van der Waals surface area contributed by atoms with Crippen LogP contribution in [0, 0.1) is 0 Å². The van der Waals surface area contributed by atoms with Crippen molar-refractivity contribution in [3.63, 3.8) is 0 Å². The van der Waals surface area contributed by atoms with Gasteiger partial charge in [-0.05, 0) is 12.1 Å². The minimum atomic E-state index is -5.97. The molecule has 0 saturated heterocycles. The van der Waals surface area contributed by atoms with E-state index < -0.39 is 18.0 Å². The molecule has 1 aromatic carbocycles. The number of pyridine rings is 1. The molecule has 0 fully saturated rings. The van der Waals surface area contributed by atoms with Crippen LogP contribution in [0.1, 0.15) is 4.79 Å². The Morgan fingerprint density at radius 2 is 1.59 bits per heavy atom. The smallest absolute Gasteiger partial charge is 0.273 e. The Morgan fingerprint density at radius 1 is 0.955 bits per heavy atom. The number of para-hydroxylation sites is 1. The van der Waals surface area contributed by atoms with Crippen LogP contribution in [0.3, 0.4) is 0 Å². The Labute approximate surface area is 120 Å². The number of fused-ring (bicyclic) bond motifs is 3. The summed E-state index contributed by atoms with van der Waals surface area (Å²) in [6, 6.07) is 7.34. The number of benzene rings is 1. The van der Waals surface area contributed by atoms with E-state index in [4.69, 9.17) is 0 Å². The summed E-state index contributed by atoms with van der Waals surface area (Å²) in [7, 11) is 0. The number of alkyl halides is 5. The highest BCUT2D eigenvalue weighted by molar-refractivity contribution is 6.14. The van der Waals surface area contributed by atoms with Crippen LogP contribution in [-0.4, -0.2) is 27.6 Å². The van der Waals surface area contributed by atoms with Gasteiger partial charge in [-0.15, -0.1) is 0 Å². The van der Waals surface area contributed by atoms with Crippen LogP contribution in [0.2, 0.25) is 0 Å². The SMILES string of the molecule is O=C(n1c2ccccc2c2ccncc21)C(F)(F)C(F)(F)F. The van der Waals surface area contributed by atoms with Gasteiger partial charge in [-0.2, -0.15) is 22.0 Å². The van der Waals surface area contributed by atoms with E-state index in [-0.39, 0.29) is 11.0 Å². The topological polar surface area (TPSA) is 34.9 Å². The number of halogens is 5. The van der Waals surface area contributed by atoms with Crippen molar-refractivity contribution in [1.82, 2.24) is 9.55 Å². The summed E-state index contributed by atoms with van der Waals surface area (Å²) < 4.78 is 64.6. The largest absolute Gasteiger partial charge is 0.463 e. The summed E-state index contributed by atoms with van der Waals surface area (Å²) in [4.78, 5) is 15.6. The van der Waals surface area contributed by atoms with Gasteiger partial charge in [0.05, 0.1) is 17.2 Å². The minimum absolute atomic E-state index is 0.0283. The van der Waals surface area contributed by atoms with Gasteiger partial charge in [-0.25, -0.2) is 0 Å². The fourth-order valence-electron chi connectivity index (χ4n) is 2.30. The zero-order valence-corrected chi connectivity index (χ0v) is 10.7. The molecule has 0 spiro atoms. The number of carbonyl (C=O) groups is 1. The molecule has 0 saturated carbocycles. The van der Waals surface area contributed by atoms with E-state index in [1.54, 1.807) is 6.07 Å². The molecule has 3 rings (SSSR count). The molecule has 114 valence electrons. The van der Waals surface area contributed by atoms with Crippen molar-refractivity contribution in [3.05, 3.63) is 42.7 Å². The van der Waals surface area contributed by atoms with E-state index >= 15 is 0 Å². The number of aromatic nitrogens is 2. The van der Waals surface area contributed by atoms with Crippen LogP contribution >= 0.6 is 0 Å². The Morgan fingerprint density at radius 3 is 2.27 bits per heavy atom. The number of carbonyl (C=O) groups excluding carboxylic acids is 1. The molecule has 0 aliphatic carbocycles. The lowest BCUT2D eigenvalue weighted by Crippen LogP contribution is -2.46. The molecule has 2 aromatic heterocycles. The molecule has 0 atom stereocenters. The van der Waals surface area contributed by atoms with Gasteiger partial charge >= 0.3 is 18.0 Å². The Balaban J connectivity index is 2.37. The van der Waals surface area contributed by atoms with E-state index in [0.717, 1.165) is 6.20 Å². The van der Waals surface area contributed by atoms with Crippen molar-refractivity contribution < 1.29 is 26.7 Å². The predicted octanol–water partition coefficient (Wildman–Crippen LogP) is 4.03. The van der Waals surface area contributed by atoms with Gasteiger partial charge in [-0.1, -0.05) is 18.2 Å². The van der Waals surface area contributed by atoms with Crippen LogP contribution in [0.25, 0.3) is 21.8 Å². The normalized spacial score (nSPS) is 13.0. The summed E-state index contributed by atoms with van der Waals surface area (Å²) in [6.45, 7) is 0. The molecule has 2 heterocycles. The third-order valence-electron chi connectivity index (χ3n) is 3.30. The molecule has 0 aliphatic heterocycles. The number of nitrogens with zero attached hydrogens (tertiary/aromatic N) is 2. The summed E-state index contributed by atoms with van der Waals surface area (Å²) in [5.74, 6) is -7.84. The Hall–Kier alpha value is -2.51. The van der Waals surface area contributed by atoms with Crippen molar-refractivity contribution in [3.8, 4) is 0 Å². The van der Waals surface area contributed by atoms with E-state index in [2.05, 4.69) is 4.98 Å². The van der Waals surface area contributed by atoms with Crippen molar-refractivity contribution in [2.75, 3.05) is 0 Å². The van der Waals surface area contributed by atoms with Crippen molar-refractivity contribution in [2.45, 2.75) is 12.1 Å². The van der Waals surface area contributed by atoms with Gasteiger partial charge in [0.25, 0.3) is 0 Å². The first-order valence-corrected chi connectivity index (χ1v) is 6.07. The molecule has 0 aliphatic rings. The van der Waals surface area contributed by atoms with Crippen molar-refractivity contribution in [2.24, 2.45) is 0 Å². The third kappa shape index (κ3) is 1.87. The number of hydrogen-bond donors (Lipinski definition) is 0. The fourth-order valence-corrected chi connectivity index (χ4v) is 2.30. The first kappa shape index (κ1) is 14.4. The van der Waals surface area contributed by atoms with Crippen LogP contribution in [0.4, 0.5) is 22.0 Å². The van der Waals surface area contributed by atoms with Crippen LogP contribution in [0.5, 0.6) is 0 Å². The molecular weight excluding hydrogens is 307 g/mol. The third-order valence-corrected chi connectivity index (χ3v) is 3.30. The average molecular weight is 314 g/mol. The van der Waals surface area contributed by atoms with Gasteiger partial charge in [0.1, 0.15) is 0 Å². The summed E-state index contributed by atoms with van der Waals surface area (Å²) in [5.41, 5.74) is -0.128. The summed E-state index contributed by atoms with van der Waals surface area (Å²) in [6.07, 6.45) is -3.52. The standard InChI is InChI=1S/C14H7F5N2O/c15-13(16,14(17,18)19)12(22)21-10-4-2-1-3-8(10)9-5-6-20-7-11(9)21/h1-7H. The quantitative estimate of drug-likeness (QED) is 0.636. The molecule has 0 unspecified atom stereocenters. The maximum Gasteiger partial charge on any atom is 0.463 e. The van der Waals surface area contributed by atoms with Gasteiger partial charge in [0.2, 0.25) is 0 Å². The second kappa shape index (κ2) is 4.49. The molecule has 0 bridgehead atoms. The summed E-state index contributed by atoms with van der Waals surface area (Å²) >= 11 is 0. The Kier molecular flexibility index (Phi) is 2.95. The number of rotatable bonds is 1. The average Bonchev–Trinajstić information content (AvgIpc) is 2.80. The fraction of sp³-hybridized carbons (Fsp3) is 0.143. The summed E-state index contributed by atoms with van der Waals surface area (Å²) in [5, 5.41) is 0.767. The van der Waals surface area contributed by atoms with Crippen molar-refractivity contribution >= 4 is 27.7 Å². The molecule has 0 radical (unpaired) electrons. The molecule has 0 N–H and O–H groups in total. The van der Waals surface area contributed by atoms with E-state index in [1.165, 1.54) is 30.5 Å². The first-order valence-electron chi connectivity index (χ1n) is 6.07. The molecule has 0 amide bonds. The first-order chi connectivity index (χ1) is 10.2. The zero-order chi connectivity index (χ0) is 16.1. The van der Waals surface area contributed by atoms with Gasteiger partial charge in [-0.3, -0.25) is 14.3 Å². The minimum Gasteiger partial charge on any atom is -0.273 e. The van der Waals surface area contributed by atoms with E-state index in [1.807, 2.05) is 0 Å². The zero-order valence-electron chi connectivity index (χ0n) is 10.7. The molecule has 8 heteroatoms. The molecule has 3 aromatic rings. The van der Waals surface area contributed by atoms with Crippen LogP contribution in [0.15, 0.2) is 42.7 Å². The Bertz CT molecular complexity index is 828. The highest BCUT2D eigenvalue weighted by Crippen LogP contribution is 2.39. The lowest BCUT2D eigenvalue weighted by Gasteiger charge is -2.19. The predicted molar refractivity (Wildman–Crippen MR) is 68.9 cm³/mol. The highest BCUT2D eigenvalue weighted by Gasteiger charge is 2.64. The lowest BCUT2D eigenvalue weighted by atomic mass is 10.2. The van der Waals surface area contributed by atoms with Gasteiger partial charge < -0.3 is 0 Å². The maximum atomic E-state index is 13.4. The lowest BCUT2D eigenvalue weighted by molar-refractivity contribution is -0.257. The van der Waals surface area contributed by atoms with Gasteiger partial charge in [0, 0.05) is 17.0 Å². The molecular formula is C14H7F5N2O. The number of hydrogen-bond acceptors (Lipinski definition) is 2. The second-order valence-corrected chi connectivity index (χ2v) is 4.62. The van der Waals surface area contributed by atoms with E-state index in [9.17, 15) is 26.7 Å². The molecule has 3 nitrogen and oxygen atoms in total. The molecule has 22 heavy (non-hydrogen) atoms. The second-order valence-electron chi connectivity index (χ2n) is 4.62. The van der Waals surface area contributed by atoms with Crippen molar-refractivity contribution in [1.29, 1.82) is 0 Å². The van der Waals surface area contributed by atoms with E-state index in [0.29, 0.717) is 15.3 Å². The monoisotopic (exact) mass is 314 g/mol. The maximum absolute atomic E-state index is 13.4.